The van der Waals surface area contributed by atoms with Crippen LogP contribution in [0.5, 0.6) is 0 Å². The van der Waals surface area contributed by atoms with E-state index in [0.717, 1.165) is 17.7 Å². The summed E-state index contributed by atoms with van der Waals surface area (Å²) in [5.41, 5.74) is 1.18. The van der Waals surface area contributed by atoms with Gasteiger partial charge in [0.25, 0.3) is 0 Å². The number of benzene rings is 1. The lowest BCUT2D eigenvalue weighted by molar-refractivity contribution is -0.144. The Balaban J connectivity index is 2.12. The van der Waals surface area contributed by atoms with Crippen LogP contribution in [0.25, 0.3) is 0 Å². The molecule has 1 saturated carbocycles. The predicted molar refractivity (Wildman–Crippen MR) is 75.0 cm³/mol. The molecule has 1 aromatic carbocycles. The number of carboxylic acids is 1. The maximum Gasteiger partial charge on any atom is 0.320 e. The predicted octanol–water partition coefficient (Wildman–Crippen LogP) is 3.98. The van der Waals surface area contributed by atoms with E-state index in [2.05, 4.69) is 19.9 Å². The summed E-state index contributed by atoms with van der Waals surface area (Å²) in [7, 11) is 0. The molecule has 0 spiro atoms. The maximum absolute atomic E-state index is 11.5. The van der Waals surface area contributed by atoms with Crippen molar-refractivity contribution in [1.82, 2.24) is 0 Å². The smallest absolute Gasteiger partial charge is 0.320 e. The molecular weight excluding hydrogens is 244 g/mol. The van der Waals surface area contributed by atoms with Gasteiger partial charge < -0.3 is 5.11 Å². The fourth-order valence-corrected chi connectivity index (χ4v) is 3.99. The zero-order valence-electron chi connectivity index (χ0n) is 11.1. The minimum Gasteiger partial charge on any atom is -0.480 e. The van der Waals surface area contributed by atoms with E-state index in [1.54, 1.807) is 0 Å². The van der Waals surface area contributed by atoms with Crippen molar-refractivity contribution in [3.63, 3.8) is 0 Å². The zero-order chi connectivity index (χ0) is 13.3. The van der Waals surface area contributed by atoms with Gasteiger partial charge >= 0.3 is 5.97 Å². The average molecular weight is 264 g/mol. The Morgan fingerprint density at radius 2 is 2.11 bits per heavy atom. The molecule has 0 unspecified atom stereocenters. The van der Waals surface area contributed by atoms with Gasteiger partial charge in [-0.3, -0.25) is 4.79 Å². The average Bonchev–Trinajstić information content (AvgIpc) is 2.21. The van der Waals surface area contributed by atoms with Crippen molar-refractivity contribution in [3.8, 4) is 0 Å². The van der Waals surface area contributed by atoms with Crippen molar-refractivity contribution in [1.29, 1.82) is 0 Å². The molecule has 1 N–H and O–H groups in total. The van der Waals surface area contributed by atoms with Crippen molar-refractivity contribution < 1.29 is 9.90 Å². The van der Waals surface area contributed by atoms with Crippen LogP contribution in [0.4, 0.5) is 0 Å². The third kappa shape index (κ3) is 2.56. The lowest BCUT2D eigenvalue weighted by Gasteiger charge is -2.45. The first-order valence-electron chi connectivity index (χ1n) is 6.42. The Kier molecular flexibility index (Phi) is 3.71. The topological polar surface area (TPSA) is 37.3 Å². The summed E-state index contributed by atoms with van der Waals surface area (Å²) in [6, 6.07) is 8.10. The number of thioether (sulfide) groups is 1. The van der Waals surface area contributed by atoms with Crippen LogP contribution >= 0.6 is 11.8 Å². The van der Waals surface area contributed by atoms with E-state index < -0.39 is 10.7 Å². The van der Waals surface area contributed by atoms with E-state index in [9.17, 15) is 9.90 Å². The molecule has 1 fully saturated rings. The van der Waals surface area contributed by atoms with Crippen molar-refractivity contribution in [2.75, 3.05) is 0 Å². The van der Waals surface area contributed by atoms with Crippen LogP contribution in [0.2, 0.25) is 0 Å². The van der Waals surface area contributed by atoms with E-state index in [1.165, 1.54) is 17.3 Å². The molecule has 3 heteroatoms. The third-order valence-electron chi connectivity index (χ3n) is 3.82. The van der Waals surface area contributed by atoms with Crippen molar-refractivity contribution in [2.24, 2.45) is 11.8 Å². The Morgan fingerprint density at radius 3 is 2.61 bits per heavy atom. The first kappa shape index (κ1) is 13.5. The molecule has 98 valence electrons. The van der Waals surface area contributed by atoms with Crippen LogP contribution in [0.3, 0.4) is 0 Å². The summed E-state index contributed by atoms with van der Waals surface area (Å²) in [5, 5.41) is 9.49. The van der Waals surface area contributed by atoms with E-state index in [1.807, 2.05) is 25.1 Å². The molecule has 1 aliphatic carbocycles. The van der Waals surface area contributed by atoms with E-state index in [-0.39, 0.29) is 0 Å². The standard InChI is InChI=1S/C15H20O2S/c1-10(2)12-8-15(9-12,14(16)17)18-13-6-4-5-11(3)7-13/h4-7,10,12H,8-9H2,1-3H3,(H,16,17). The Hall–Kier alpha value is -0.960. The number of aliphatic carboxylic acids is 1. The van der Waals surface area contributed by atoms with Gasteiger partial charge in [0.2, 0.25) is 0 Å². The second-order valence-electron chi connectivity index (χ2n) is 5.63. The van der Waals surface area contributed by atoms with Gasteiger partial charge in [-0.1, -0.05) is 31.5 Å². The highest BCUT2D eigenvalue weighted by atomic mass is 32.2. The first-order chi connectivity index (χ1) is 8.43. The number of hydrogen-bond donors (Lipinski definition) is 1. The van der Waals surface area contributed by atoms with E-state index in [4.69, 9.17) is 0 Å². The fraction of sp³-hybridized carbons (Fsp3) is 0.533. The van der Waals surface area contributed by atoms with Gasteiger partial charge in [0.15, 0.2) is 0 Å². The molecule has 1 aliphatic rings. The summed E-state index contributed by atoms with van der Waals surface area (Å²) in [6.45, 7) is 6.39. The number of rotatable bonds is 4. The summed E-state index contributed by atoms with van der Waals surface area (Å²) in [5.74, 6) is 0.472. The molecule has 0 radical (unpaired) electrons. The molecule has 0 heterocycles. The van der Waals surface area contributed by atoms with Gasteiger partial charge in [0.1, 0.15) is 4.75 Å². The number of carbonyl (C=O) groups is 1. The number of carboxylic acid groups (broad SMARTS) is 1. The Bertz CT molecular complexity index is 448. The largest absolute Gasteiger partial charge is 0.480 e. The molecule has 2 nitrogen and oxygen atoms in total. The number of hydrogen-bond acceptors (Lipinski definition) is 2. The monoisotopic (exact) mass is 264 g/mol. The Labute approximate surface area is 113 Å². The lowest BCUT2D eigenvalue weighted by atomic mass is 9.69. The SMILES string of the molecule is Cc1cccc(SC2(C(=O)O)CC(C(C)C)C2)c1. The molecular formula is C15H20O2S. The highest BCUT2D eigenvalue weighted by Gasteiger charge is 2.51. The third-order valence-corrected chi connectivity index (χ3v) is 5.21. The molecule has 1 aromatic rings. The number of aryl methyl sites for hydroxylation is 1. The quantitative estimate of drug-likeness (QED) is 0.894. The van der Waals surface area contributed by atoms with Gasteiger partial charge in [0.05, 0.1) is 0 Å². The fourth-order valence-electron chi connectivity index (χ4n) is 2.46. The minimum atomic E-state index is -0.661. The van der Waals surface area contributed by atoms with Crippen LogP contribution in [-0.4, -0.2) is 15.8 Å². The second-order valence-corrected chi connectivity index (χ2v) is 7.09. The summed E-state index contributed by atoms with van der Waals surface area (Å²) < 4.78 is -0.595. The second kappa shape index (κ2) is 4.96. The highest BCUT2D eigenvalue weighted by Crippen LogP contribution is 2.53. The zero-order valence-corrected chi connectivity index (χ0v) is 12.0. The van der Waals surface area contributed by atoms with Gasteiger partial charge in [-0.25, -0.2) is 0 Å². The van der Waals surface area contributed by atoms with Crippen molar-refractivity contribution >= 4 is 17.7 Å². The van der Waals surface area contributed by atoms with Crippen LogP contribution in [0.1, 0.15) is 32.3 Å². The lowest BCUT2D eigenvalue weighted by Crippen LogP contribution is -2.49. The molecule has 0 bridgehead atoms. The molecule has 0 aliphatic heterocycles. The molecule has 0 saturated heterocycles. The van der Waals surface area contributed by atoms with Crippen LogP contribution in [0.15, 0.2) is 29.2 Å². The molecule has 0 amide bonds. The van der Waals surface area contributed by atoms with Gasteiger partial charge in [-0.2, -0.15) is 0 Å². The van der Waals surface area contributed by atoms with Crippen molar-refractivity contribution in [2.45, 2.75) is 43.3 Å². The van der Waals surface area contributed by atoms with Gasteiger partial charge in [-0.05, 0) is 43.7 Å². The molecule has 18 heavy (non-hydrogen) atoms. The Morgan fingerprint density at radius 1 is 1.44 bits per heavy atom. The van der Waals surface area contributed by atoms with Gasteiger partial charge in [0, 0.05) is 4.90 Å². The maximum atomic E-state index is 11.5. The van der Waals surface area contributed by atoms with Crippen molar-refractivity contribution in [3.05, 3.63) is 29.8 Å². The van der Waals surface area contributed by atoms with Crippen LogP contribution < -0.4 is 0 Å². The summed E-state index contributed by atoms with van der Waals surface area (Å²) in [6.07, 6.45) is 1.58. The first-order valence-corrected chi connectivity index (χ1v) is 7.24. The van der Waals surface area contributed by atoms with Gasteiger partial charge in [-0.15, -0.1) is 11.8 Å². The minimum absolute atomic E-state index is 0.554. The molecule has 2 rings (SSSR count). The molecule has 0 aromatic heterocycles. The van der Waals surface area contributed by atoms with E-state index >= 15 is 0 Å². The van der Waals surface area contributed by atoms with Crippen LogP contribution in [-0.2, 0) is 4.79 Å². The highest BCUT2D eigenvalue weighted by molar-refractivity contribution is 8.01. The van der Waals surface area contributed by atoms with E-state index in [0.29, 0.717) is 11.8 Å². The van der Waals surface area contributed by atoms with Crippen LogP contribution in [0, 0.1) is 18.8 Å². The summed E-state index contributed by atoms with van der Waals surface area (Å²) in [4.78, 5) is 12.6. The molecule has 0 atom stereocenters. The normalized spacial score (nSPS) is 27.0. The summed E-state index contributed by atoms with van der Waals surface area (Å²) >= 11 is 1.52.